The molecule has 0 aliphatic rings. The van der Waals surface area contributed by atoms with E-state index in [1.165, 1.54) is 43.3 Å². The van der Waals surface area contributed by atoms with Gasteiger partial charge in [-0.05, 0) is 51.0 Å². The monoisotopic (exact) mass is 786 g/mol. The Morgan fingerprint density at radius 3 is 1.25 bits per heavy atom. The molecule has 0 radical (unpaired) electrons. The van der Waals surface area contributed by atoms with Crippen LogP contribution in [0.5, 0.6) is 0 Å². The Morgan fingerprint density at radius 2 is 0.979 bits per heavy atom. The first-order valence-electron chi connectivity index (χ1n) is 12.9. The maximum atomic E-state index is 12.2. The minimum absolute atomic E-state index is 0.112. The molecule has 2 N–H and O–H groups in total. The highest BCUT2D eigenvalue weighted by atomic mass is 32.2. The van der Waals surface area contributed by atoms with Gasteiger partial charge in [-0.3, -0.25) is 12.5 Å². The van der Waals surface area contributed by atoms with Gasteiger partial charge in [0.15, 0.2) is 0 Å². The van der Waals surface area contributed by atoms with E-state index in [2.05, 4.69) is 12.7 Å². The Morgan fingerprint density at radius 1 is 0.625 bits per heavy atom. The molecule has 2 atom stereocenters. The number of aliphatic hydroxyl groups excluding tert-OH is 1. The van der Waals surface area contributed by atoms with Gasteiger partial charge in [-0.2, -0.15) is 60.0 Å². The molecule has 2 rings (SSSR count). The molecule has 0 saturated heterocycles. The molecule has 0 aliphatic heterocycles. The smallest absolute Gasteiger partial charge is 0.391 e. The van der Waals surface area contributed by atoms with Gasteiger partial charge in [-0.1, -0.05) is 49.2 Å². The van der Waals surface area contributed by atoms with E-state index in [-0.39, 0.29) is 22.8 Å². The molecule has 0 saturated carbocycles. The second-order valence-electron chi connectivity index (χ2n) is 9.17. The van der Waals surface area contributed by atoms with Crippen LogP contribution in [0, 0.1) is 13.8 Å². The van der Waals surface area contributed by atoms with Gasteiger partial charge in [0.2, 0.25) is 0 Å². The van der Waals surface area contributed by atoms with Crippen LogP contribution in [0.4, 0.5) is 26.3 Å². The molecule has 2 unspecified atom stereocenters. The van der Waals surface area contributed by atoms with E-state index in [9.17, 15) is 65.1 Å². The van der Waals surface area contributed by atoms with Gasteiger partial charge in [-0.15, -0.1) is 4.33 Å². The third kappa shape index (κ3) is 15.4. The second-order valence-corrected chi connectivity index (χ2v) is 15.5. The van der Waals surface area contributed by atoms with Gasteiger partial charge in [0.05, 0.1) is 29.1 Å². The number of benzene rings is 2. The highest BCUT2D eigenvalue weighted by molar-refractivity contribution is 7.88. The van der Waals surface area contributed by atoms with E-state index in [0.717, 1.165) is 11.1 Å². The average molecular weight is 787 g/mol. The van der Waals surface area contributed by atoms with Crippen molar-refractivity contribution in [1.29, 1.82) is 0 Å². The van der Waals surface area contributed by atoms with Crippen LogP contribution in [-0.2, 0) is 57.4 Å². The summed E-state index contributed by atoms with van der Waals surface area (Å²) in [5, 5.41) is 16.3. The van der Waals surface area contributed by atoms with E-state index in [0.29, 0.717) is 6.42 Å². The first kappa shape index (κ1) is 45.6. The van der Waals surface area contributed by atoms with Crippen molar-refractivity contribution in [2.24, 2.45) is 0 Å². The van der Waals surface area contributed by atoms with Crippen molar-refractivity contribution in [3.63, 3.8) is 0 Å². The number of aryl methyl sites for hydroxylation is 2. The molecule has 0 aliphatic carbocycles. The predicted molar refractivity (Wildman–Crippen MR) is 154 cm³/mol. The van der Waals surface area contributed by atoms with Gasteiger partial charge >= 0.3 is 31.3 Å². The molecule has 24 heteroatoms. The Kier molecular flexibility index (Phi) is 17.6. The van der Waals surface area contributed by atoms with Crippen LogP contribution < -0.4 is 0 Å². The zero-order valence-electron chi connectivity index (χ0n) is 25.3. The highest BCUT2D eigenvalue weighted by Crippen LogP contribution is 2.27. The number of rotatable bonds is 13. The number of aliphatic hydroxyl groups is 1. The third-order valence-electron chi connectivity index (χ3n) is 5.30. The lowest BCUT2D eigenvalue weighted by Crippen LogP contribution is -2.32. The zero-order valence-corrected chi connectivity index (χ0v) is 28.6. The fourth-order valence-electron chi connectivity index (χ4n) is 2.49. The maximum Gasteiger partial charge on any atom is 0.525 e. The molecule has 278 valence electrons. The molecule has 2 aromatic carbocycles. The molecular formula is C24H32F6O14S4. The summed E-state index contributed by atoms with van der Waals surface area (Å²) >= 11 is 0. The van der Waals surface area contributed by atoms with Gasteiger partial charge in [0.25, 0.3) is 20.2 Å². The third-order valence-corrected chi connectivity index (χ3v) is 9.75. The maximum absolute atomic E-state index is 12.2. The zero-order chi connectivity index (χ0) is 37.8. The van der Waals surface area contributed by atoms with Crippen molar-refractivity contribution in [1.82, 2.24) is 0 Å². The van der Waals surface area contributed by atoms with Gasteiger partial charge in [0.1, 0.15) is 6.10 Å². The molecule has 0 amide bonds. The highest BCUT2D eigenvalue weighted by Gasteiger charge is 2.49. The van der Waals surface area contributed by atoms with Crippen molar-refractivity contribution in [2.45, 2.75) is 73.6 Å². The van der Waals surface area contributed by atoms with Crippen LogP contribution in [0.25, 0.3) is 0 Å². The number of alkyl halides is 6. The van der Waals surface area contributed by atoms with Crippen molar-refractivity contribution < 1.29 is 87.3 Å². The molecular weight excluding hydrogens is 755 g/mol. The SMILES string of the molecule is CCC(COS(=O)(=O)c1ccc(C)cc1)OS(=O)(=O)C(F)(F)F.CCC(O)COS(=O)(=O)c1ccc(C)cc1.O=S(=O)(OO)C(F)(F)F. The van der Waals surface area contributed by atoms with Crippen LogP contribution in [0.15, 0.2) is 58.3 Å². The van der Waals surface area contributed by atoms with Gasteiger partial charge in [0, 0.05) is 0 Å². The van der Waals surface area contributed by atoms with E-state index in [1.807, 2.05) is 6.92 Å². The van der Waals surface area contributed by atoms with Gasteiger partial charge in [-0.25, -0.2) is 5.26 Å². The lowest BCUT2D eigenvalue weighted by atomic mass is 10.2. The summed E-state index contributed by atoms with van der Waals surface area (Å²) in [6.45, 7) is 5.64. The summed E-state index contributed by atoms with van der Waals surface area (Å²) in [5.74, 6) is 0. The predicted octanol–water partition coefficient (Wildman–Crippen LogP) is 4.14. The van der Waals surface area contributed by atoms with Crippen molar-refractivity contribution in [3.05, 3.63) is 59.7 Å². The first-order chi connectivity index (χ1) is 21.7. The largest absolute Gasteiger partial charge is 0.525 e. The summed E-state index contributed by atoms with van der Waals surface area (Å²) in [5.41, 5.74) is -9.36. The minimum atomic E-state index is -5.82. The first-order valence-corrected chi connectivity index (χ1v) is 18.5. The topological polar surface area (TPSA) is 214 Å². The summed E-state index contributed by atoms with van der Waals surface area (Å²) in [7, 11) is -19.6. The van der Waals surface area contributed by atoms with Crippen molar-refractivity contribution in [2.75, 3.05) is 13.2 Å². The van der Waals surface area contributed by atoms with E-state index in [1.54, 1.807) is 26.0 Å². The van der Waals surface area contributed by atoms with E-state index in [4.69, 9.17) is 9.44 Å². The Balaban J connectivity index is 0.000000764. The fourth-order valence-corrected chi connectivity index (χ4v) is 5.11. The fraction of sp³-hybridized carbons (Fsp3) is 0.500. The number of hydrogen-bond donors (Lipinski definition) is 2. The van der Waals surface area contributed by atoms with E-state index >= 15 is 0 Å². The van der Waals surface area contributed by atoms with Crippen LogP contribution in [0.2, 0.25) is 0 Å². The average Bonchev–Trinajstić information content (AvgIpc) is 2.98. The molecule has 0 heterocycles. The standard InChI is InChI=1S/C12H15F3O6S2.C11H16O4S.CHF3O4S/c1-3-10(21-23(18,19)12(13,14)15)8-20-22(16,17)11-6-4-9(2)5-7-11;1-3-10(12)8-15-16(13,14)11-6-4-9(2)5-7-11;2-1(3,4)9(6,7)8-5/h4-7,10H,3,8H2,1-2H3;4-7,10,12H,3,8H2,1-2H3;5H. The normalized spacial score (nSPS) is 14.2. The van der Waals surface area contributed by atoms with Crippen molar-refractivity contribution >= 4 is 40.5 Å². The van der Waals surface area contributed by atoms with Crippen LogP contribution in [0.1, 0.15) is 37.8 Å². The summed E-state index contributed by atoms with van der Waals surface area (Å²) in [6, 6.07) is 11.9. The number of hydrogen-bond acceptors (Lipinski definition) is 14. The lowest BCUT2D eigenvalue weighted by molar-refractivity contribution is -0.156. The summed E-state index contributed by atoms with van der Waals surface area (Å²) in [6.07, 6.45) is -2.07. The lowest BCUT2D eigenvalue weighted by Gasteiger charge is -2.17. The van der Waals surface area contributed by atoms with E-state index < -0.39 is 70.3 Å². The molecule has 0 spiro atoms. The van der Waals surface area contributed by atoms with Crippen LogP contribution in [0.3, 0.4) is 0 Å². The Labute approximate surface area is 273 Å². The number of halogens is 6. The molecule has 0 aromatic heterocycles. The quantitative estimate of drug-likeness (QED) is 0.0961. The molecule has 0 bridgehead atoms. The molecule has 14 nitrogen and oxygen atoms in total. The molecule has 48 heavy (non-hydrogen) atoms. The van der Waals surface area contributed by atoms with Crippen LogP contribution in [-0.4, -0.2) is 80.5 Å². The molecule has 2 aromatic rings. The van der Waals surface area contributed by atoms with Gasteiger partial charge < -0.3 is 5.11 Å². The Hall–Kier alpha value is -2.42. The molecule has 0 fully saturated rings. The Bertz CT molecular complexity index is 1710. The summed E-state index contributed by atoms with van der Waals surface area (Å²) in [4.78, 5) is -0.0852. The van der Waals surface area contributed by atoms with Crippen molar-refractivity contribution in [3.8, 4) is 0 Å². The summed E-state index contributed by atoms with van der Waals surface area (Å²) < 4.78 is 173. The minimum Gasteiger partial charge on any atom is -0.391 e. The second kappa shape index (κ2) is 18.5. The van der Waals surface area contributed by atoms with Crippen LogP contribution >= 0.6 is 0 Å².